The maximum Gasteiger partial charge on any atom is 0.258 e. The van der Waals surface area contributed by atoms with Crippen molar-refractivity contribution in [3.63, 3.8) is 0 Å². The van der Waals surface area contributed by atoms with Crippen LogP contribution in [0.5, 0.6) is 5.75 Å². The van der Waals surface area contributed by atoms with Crippen molar-refractivity contribution in [1.29, 1.82) is 0 Å². The minimum absolute atomic E-state index is 0.0127. The quantitative estimate of drug-likeness (QED) is 0.301. The van der Waals surface area contributed by atoms with E-state index in [2.05, 4.69) is 20.8 Å². The van der Waals surface area contributed by atoms with Gasteiger partial charge in [0.2, 0.25) is 5.91 Å². The van der Waals surface area contributed by atoms with Crippen molar-refractivity contribution in [2.45, 2.75) is 51.7 Å². The second kappa shape index (κ2) is 11.2. The summed E-state index contributed by atoms with van der Waals surface area (Å²) in [5.74, 6) is 1.62. The Morgan fingerprint density at radius 1 is 1.02 bits per heavy atom. The molecule has 3 heterocycles. The van der Waals surface area contributed by atoms with Gasteiger partial charge in [0.15, 0.2) is 12.4 Å². The van der Waals surface area contributed by atoms with Crippen LogP contribution in [0.2, 0.25) is 0 Å². The number of carbonyl (C=O) groups is 2. The average molecular weight is 538 g/mol. The molecule has 1 saturated carbocycles. The van der Waals surface area contributed by atoms with Gasteiger partial charge in [-0.25, -0.2) is 9.97 Å². The Kier molecular flexibility index (Phi) is 7.13. The van der Waals surface area contributed by atoms with Crippen molar-refractivity contribution in [3.05, 3.63) is 72.2 Å². The first-order chi connectivity index (χ1) is 19.5. The zero-order valence-corrected chi connectivity index (χ0v) is 22.3. The smallest absolute Gasteiger partial charge is 0.258 e. The number of rotatable bonds is 8. The fourth-order valence-electron chi connectivity index (χ4n) is 5.21. The molecular formula is C30H31N7O3. The number of hydrogen-bond donors (Lipinski definition) is 3. The van der Waals surface area contributed by atoms with E-state index in [0.29, 0.717) is 30.5 Å². The van der Waals surface area contributed by atoms with Crippen LogP contribution in [0.25, 0.3) is 22.5 Å². The molecule has 6 rings (SSSR count). The van der Waals surface area contributed by atoms with Gasteiger partial charge < -0.3 is 20.3 Å². The normalized spacial score (nSPS) is 14.7. The Morgan fingerprint density at radius 2 is 1.85 bits per heavy atom. The number of benzene rings is 2. The molecule has 2 aromatic carbocycles. The molecule has 0 bridgehead atoms. The van der Waals surface area contributed by atoms with Crippen molar-refractivity contribution < 1.29 is 14.3 Å². The lowest BCUT2D eigenvalue weighted by Gasteiger charge is -2.14. The van der Waals surface area contributed by atoms with Crippen LogP contribution >= 0.6 is 0 Å². The molecule has 3 N–H and O–H groups in total. The largest absolute Gasteiger partial charge is 0.484 e. The van der Waals surface area contributed by atoms with Crippen LogP contribution in [0.15, 0.2) is 60.9 Å². The van der Waals surface area contributed by atoms with Gasteiger partial charge in [0, 0.05) is 41.5 Å². The highest BCUT2D eigenvalue weighted by Gasteiger charge is 2.27. The van der Waals surface area contributed by atoms with Crippen LogP contribution in [0, 0.1) is 0 Å². The van der Waals surface area contributed by atoms with Crippen LogP contribution in [-0.2, 0) is 22.7 Å². The number of aromatic amines is 1. The zero-order chi connectivity index (χ0) is 27.5. The summed E-state index contributed by atoms with van der Waals surface area (Å²) in [5, 5.41) is 13.3. The van der Waals surface area contributed by atoms with Gasteiger partial charge in [0.25, 0.3) is 5.91 Å². The number of anilines is 2. The third-order valence-electron chi connectivity index (χ3n) is 7.39. The van der Waals surface area contributed by atoms with Gasteiger partial charge >= 0.3 is 0 Å². The zero-order valence-electron chi connectivity index (χ0n) is 22.3. The van der Waals surface area contributed by atoms with Gasteiger partial charge in [-0.15, -0.1) is 0 Å². The summed E-state index contributed by atoms with van der Waals surface area (Å²) in [7, 11) is 0. The molecule has 0 saturated heterocycles. The van der Waals surface area contributed by atoms with Crippen LogP contribution in [-0.4, -0.2) is 49.5 Å². The molecule has 0 atom stereocenters. The monoisotopic (exact) mass is 537 g/mol. The van der Waals surface area contributed by atoms with E-state index >= 15 is 0 Å². The number of carbonyl (C=O) groups excluding carboxylic acids is 2. The molecule has 1 aliphatic carbocycles. The van der Waals surface area contributed by atoms with Gasteiger partial charge in [-0.05, 0) is 42.7 Å². The van der Waals surface area contributed by atoms with E-state index in [1.165, 1.54) is 0 Å². The van der Waals surface area contributed by atoms with Gasteiger partial charge in [-0.1, -0.05) is 37.1 Å². The van der Waals surface area contributed by atoms with Crippen molar-refractivity contribution in [2.75, 3.05) is 11.9 Å². The van der Waals surface area contributed by atoms with Crippen LogP contribution < -0.4 is 15.4 Å². The summed E-state index contributed by atoms with van der Waals surface area (Å²) in [6.07, 6.45) is 8.01. The molecule has 10 nitrogen and oxygen atoms in total. The second-order valence-corrected chi connectivity index (χ2v) is 10.3. The number of nitrogens with one attached hydrogen (secondary N) is 3. The second-order valence-electron chi connectivity index (χ2n) is 10.3. The van der Waals surface area contributed by atoms with E-state index in [9.17, 15) is 9.59 Å². The highest BCUT2D eigenvalue weighted by molar-refractivity contribution is 5.78. The van der Waals surface area contributed by atoms with Gasteiger partial charge in [-0.2, -0.15) is 5.10 Å². The third-order valence-corrected chi connectivity index (χ3v) is 7.39. The molecule has 40 heavy (non-hydrogen) atoms. The van der Waals surface area contributed by atoms with Crippen LogP contribution in [0.4, 0.5) is 11.5 Å². The molecule has 1 fully saturated rings. The van der Waals surface area contributed by atoms with Gasteiger partial charge in [-0.3, -0.25) is 14.7 Å². The lowest BCUT2D eigenvalue weighted by molar-refractivity contribution is -0.129. The number of fused-ring (bicyclic) bond motifs is 1. The standard InChI is InChI=1S/C30H31N7O3/c1-19(38)37-16-26-27(17-37)35-29(36-30(26)34-24-11-9-20(10-12-24)22-14-31-32-15-22)21-5-4-8-25(13-21)40-18-28(39)33-23-6-2-3-7-23/h4-5,8-15,23H,2-3,6-7,16-18H2,1H3,(H,31,32)(H,33,39)(H,34,35,36). The number of ether oxygens (including phenoxy) is 1. The first kappa shape index (κ1) is 25.5. The summed E-state index contributed by atoms with van der Waals surface area (Å²) in [5.41, 5.74) is 5.38. The van der Waals surface area contributed by atoms with Gasteiger partial charge in [0.05, 0.1) is 25.0 Å². The summed E-state index contributed by atoms with van der Waals surface area (Å²) >= 11 is 0. The fraction of sp³-hybridized carbons (Fsp3) is 0.300. The lowest BCUT2D eigenvalue weighted by Crippen LogP contribution is -2.36. The molecule has 0 spiro atoms. The van der Waals surface area contributed by atoms with Crippen LogP contribution in [0.3, 0.4) is 0 Å². The fourth-order valence-corrected chi connectivity index (χ4v) is 5.21. The molecule has 0 radical (unpaired) electrons. The van der Waals surface area contributed by atoms with Crippen molar-refractivity contribution in [1.82, 2.24) is 30.4 Å². The van der Waals surface area contributed by atoms with E-state index in [1.807, 2.05) is 54.7 Å². The Labute approximate surface area is 232 Å². The Morgan fingerprint density at radius 3 is 2.60 bits per heavy atom. The van der Waals surface area contributed by atoms with Crippen molar-refractivity contribution in [2.24, 2.45) is 0 Å². The van der Waals surface area contributed by atoms with Crippen molar-refractivity contribution in [3.8, 4) is 28.3 Å². The molecule has 0 unspecified atom stereocenters. The summed E-state index contributed by atoms with van der Waals surface area (Å²) in [6, 6.07) is 15.7. The van der Waals surface area contributed by atoms with E-state index < -0.39 is 0 Å². The maximum atomic E-state index is 12.3. The van der Waals surface area contributed by atoms with Gasteiger partial charge in [0.1, 0.15) is 11.6 Å². The number of H-pyrrole nitrogens is 1. The van der Waals surface area contributed by atoms with E-state index in [0.717, 1.165) is 59.3 Å². The average Bonchev–Trinajstić information content (AvgIpc) is 3.75. The molecule has 10 heteroatoms. The molecule has 4 aromatic rings. The lowest BCUT2D eigenvalue weighted by atomic mass is 10.1. The minimum Gasteiger partial charge on any atom is -0.484 e. The highest BCUT2D eigenvalue weighted by Crippen LogP contribution is 2.33. The Balaban J connectivity index is 1.23. The molecular weight excluding hydrogens is 506 g/mol. The number of hydrogen-bond acceptors (Lipinski definition) is 7. The molecule has 1 aliphatic heterocycles. The van der Waals surface area contributed by atoms with E-state index in [1.54, 1.807) is 18.0 Å². The number of aromatic nitrogens is 4. The SMILES string of the molecule is CC(=O)N1Cc2nc(-c3cccc(OCC(=O)NC4CCCC4)c3)nc(Nc3ccc(-c4cn[nH]c4)cc3)c2C1. The summed E-state index contributed by atoms with van der Waals surface area (Å²) in [6.45, 7) is 2.39. The first-order valence-corrected chi connectivity index (χ1v) is 13.6. The summed E-state index contributed by atoms with van der Waals surface area (Å²) in [4.78, 5) is 36.0. The number of amides is 2. The first-order valence-electron chi connectivity index (χ1n) is 13.6. The minimum atomic E-state index is -0.110. The molecule has 2 aromatic heterocycles. The number of nitrogens with zero attached hydrogens (tertiary/aromatic N) is 4. The van der Waals surface area contributed by atoms with Crippen LogP contribution in [0.1, 0.15) is 43.9 Å². The van der Waals surface area contributed by atoms with E-state index in [-0.39, 0.29) is 24.5 Å². The maximum absolute atomic E-state index is 12.3. The van der Waals surface area contributed by atoms with Crippen molar-refractivity contribution >= 4 is 23.3 Å². The topological polar surface area (TPSA) is 125 Å². The summed E-state index contributed by atoms with van der Waals surface area (Å²) < 4.78 is 5.81. The molecule has 204 valence electrons. The predicted octanol–water partition coefficient (Wildman–Crippen LogP) is 4.58. The third kappa shape index (κ3) is 5.66. The highest BCUT2D eigenvalue weighted by atomic mass is 16.5. The Hall–Kier alpha value is -4.73. The van der Waals surface area contributed by atoms with E-state index in [4.69, 9.17) is 14.7 Å². The molecule has 2 aliphatic rings. The molecule has 2 amide bonds. The predicted molar refractivity (Wildman–Crippen MR) is 151 cm³/mol. The Bertz CT molecular complexity index is 1510.